The fraction of sp³-hybridized carbons (Fsp3) is 0.0435. The van der Waals surface area contributed by atoms with Crippen LogP contribution in [0.4, 0.5) is 5.69 Å². The minimum Gasteiger partial charge on any atom is -0.489 e. The Balaban J connectivity index is 1.45. The van der Waals surface area contributed by atoms with Crippen LogP contribution in [0.1, 0.15) is 11.1 Å². The Hall–Kier alpha value is -3.02. The Labute approximate surface area is 178 Å². The van der Waals surface area contributed by atoms with E-state index in [4.69, 9.17) is 16.3 Å². The number of aliphatic imine (C=N–C) groups is 1. The molecule has 0 bridgehead atoms. The fourth-order valence-corrected chi connectivity index (χ4v) is 3.66. The molecule has 4 nitrogen and oxygen atoms in total. The van der Waals surface area contributed by atoms with Gasteiger partial charge in [0.2, 0.25) is 0 Å². The molecule has 0 atom stereocenters. The first-order chi connectivity index (χ1) is 14.2. The van der Waals surface area contributed by atoms with Crippen LogP contribution >= 0.6 is 23.4 Å². The molecule has 1 aliphatic heterocycles. The van der Waals surface area contributed by atoms with Crippen molar-refractivity contribution in [3.63, 3.8) is 0 Å². The highest BCUT2D eigenvalue weighted by Crippen LogP contribution is 2.28. The van der Waals surface area contributed by atoms with E-state index in [9.17, 15) is 4.79 Å². The number of para-hydroxylation sites is 1. The molecule has 1 N–H and O–H groups in total. The number of hydrogen-bond acceptors (Lipinski definition) is 4. The van der Waals surface area contributed by atoms with Gasteiger partial charge in [0.1, 0.15) is 12.4 Å². The number of carbonyl (C=O) groups is 1. The summed E-state index contributed by atoms with van der Waals surface area (Å²) in [5, 5.41) is 4.07. The van der Waals surface area contributed by atoms with Gasteiger partial charge in [0.15, 0.2) is 5.17 Å². The van der Waals surface area contributed by atoms with Crippen LogP contribution in [0.3, 0.4) is 0 Å². The van der Waals surface area contributed by atoms with Gasteiger partial charge >= 0.3 is 0 Å². The average Bonchev–Trinajstić information content (AvgIpc) is 3.07. The first-order valence-corrected chi connectivity index (χ1v) is 10.2. The van der Waals surface area contributed by atoms with Gasteiger partial charge in [-0.05, 0) is 65.4 Å². The topological polar surface area (TPSA) is 50.7 Å². The maximum Gasteiger partial charge on any atom is 0.264 e. The zero-order chi connectivity index (χ0) is 20.1. The molecule has 0 aromatic heterocycles. The van der Waals surface area contributed by atoms with Crippen molar-refractivity contribution in [2.75, 3.05) is 0 Å². The molecule has 0 saturated carbocycles. The van der Waals surface area contributed by atoms with E-state index in [1.807, 2.05) is 84.9 Å². The molecule has 1 aliphatic rings. The number of rotatable bonds is 5. The number of benzene rings is 3. The second-order valence-corrected chi connectivity index (χ2v) is 7.77. The van der Waals surface area contributed by atoms with Gasteiger partial charge in [-0.1, -0.05) is 54.1 Å². The lowest BCUT2D eigenvalue weighted by Gasteiger charge is -2.07. The molecule has 3 aromatic rings. The Morgan fingerprint density at radius 3 is 2.59 bits per heavy atom. The monoisotopic (exact) mass is 420 g/mol. The van der Waals surface area contributed by atoms with Gasteiger partial charge in [-0.15, -0.1) is 0 Å². The van der Waals surface area contributed by atoms with Crippen LogP contribution in [0.2, 0.25) is 5.02 Å². The average molecular weight is 421 g/mol. The summed E-state index contributed by atoms with van der Waals surface area (Å²) in [7, 11) is 0. The maximum absolute atomic E-state index is 12.3. The number of carbonyl (C=O) groups excluding carboxylic acids is 1. The van der Waals surface area contributed by atoms with Crippen LogP contribution < -0.4 is 10.1 Å². The van der Waals surface area contributed by atoms with E-state index >= 15 is 0 Å². The summed E-state index contributed by atoms with van der Waals surface area (Å²) < 4.78 is 5.86. The van der Waals surface area contributed by atoms with Gasteiger partial charge in [0, 0.05) is 5.02 Å². The smallest absolute Gasteiger partial charge is 0.264 e. The third kappa shape index (κ3) is 5.28. The minimum absolute atomic E-state index is 0.155. The van der Waals surface area contributed by atoms with Gasteiger partial charge < -0.3 is 10.1 Å². The highest BCUT2D eigenvalue weighted by atomic mass is 35.5. The molecular formula is C23H17ClN2O2S. The lowest BCUT2D eigenvalue weighted by atomic mass is 10.2. The van der Waals surface area contributed by atoms with Crippen LogP contribution in [-0.2, 0) is 11.4 Å². The molecule has 6 heteroatoms. The summed E-state index contributed by atoms with van der Waals surface area (Å²) in [6.45, 7) is 0.445. The Bertz CT molecular complexity index is 1080. The zero-order valence-corrected chi connectivity index (χ0v) is 16.9. The minimum atomic E-state index is -0.155. The number of thioether (sulfide) groups is 1. The van der Waals surface area contributed by atoms with Crippen LogP contribution in [-0.4, -0.2) is 11.1 Å². The molecule has 0 unspecified atom stereocenters. The molecule has 1 heterocycles. The van der Waals surface area contributed by atoms with Crippen molar-refractivity contribution in [2.45, 2.75) is 6.61 Å². The van der Waals surface area contributed by atoms with Gasteiger partial charge in [0.05, 0.1) is 10.6 Å². The predicted molar refractivity (Wildman–Crippen MR) is 119 cm³/mol. The molecule has 1 fully saturated rings. The third-order valence-corrected chi connectivity index (χ3v) is 5.27. The summed E-state index contributed by atoms with van der Waals surface area (Å²) in [6.07, 6.45) is 1.84. The first-order valence-electron chi connectivity index (χ1n) is 8.98. The molecule has 0 radical (unpaired) electrons. The molecule has 29 heavy (non-hydrogen) atoms. The van der Waals surface area contributed by atoms with E-state index in [-0.39, 0.29) is 5.91 Å². The number of hydrogen-bond donors (Lipinski definition) is 1. The maximum atomic E-state index is 12.3. The first kappa shape index (κ1) is 19.3. The predicted octanol–water partition coefficient (Wildman–Crippen LogP) is 5.81. The largest absolute Gasteiger partial charge is 0.489 e. The van der Waals surface area contributed by atoms with Crippen LogP contribution in [0.5, 0.6) is 5.75 Å². The van der Waals surface area contributed by atoms with Crippen molar-refractivity contribution in [3.8, 4) is 5.75 Å². The third-order valence-electron chi connectivity index (χ3n) is 4.11. The highest BCUT2D eigenvalue weighted by Gasteiger charge is 2.23. The molecule has 144 valence electrons. The standard InChI is InChI=1S/C23H17ClN2O2S/c24-18-11-9-16(10-12-18)15-28-20-8-4-5-17(13-20)14-21-22(27)26-23(29-21)25-19-6-2-1-3-7-19/h1-14H,15H2,(H,25,26,27)/b21-14-. The number of halogens is 1. The van der Waals surface area contributed by atoms with Crippen LogP contribution in [0.25, 0.3) is 6.08 Å². The summed E-state index contributed by atoms with van der Waals surface area (Å²) in [5.41, 5.74) is 2.72. The Morgan fingerprint density at radius 2 is 1.79 bits per heavy atom. The Morgan fingerprint density at radius 1 is 1.00 bits per heavy atom. The van der Waals surface area contributed by atoms with Gasteiger partial charge in [-0.2, -0.15) is 0 Å². The lowest BCUT2D eigenvalue weighted by Crippen LogP contribution is -2.19. The second kappa shape index (κ2) is 8.99. The normalized spacial score (nSPS) is 16.2. The molecule has 1 saturated heterocycles. The summed E-state index contributed by atoms with van der Waals surface area (Å²) in [5.74, 6) is 0.577. The summed E-state index contributed by atoms with van der Waals surface area (Å²) in [4.78, 5) is 17.3. The highest BCUT2D eigenvalue weighted by molar-refractivity contribution is 8.18. The summed E-state index contributed by atoms with van der Waals surface area (Å²) >= 11 is 7.23. The van der Waals surface area contributed by atoms with Crippen LogP contribution in [0, 0.1) is 0 Å². The summed E-state index contributed by atoms with van der Waals surface area (Å²) in [6, 6.07) is 24.7. The molecule has 3 aromatic carbocycles. The molecule has 1 amide bonds. The quantitative estimate of drug-likeness (QED) is 0.530. The van der Waals surface area contributed by atoms with Crippen molar-refractivity contribution >= 4 is 46.2 Å². The van der Waals surface area contributed by atoms with Crippen molar-refractivity contribution in [1.29, 1.82) is 0 Å². The number of amidine groups is 1. The van der Waals surface area contributed by atoms with E-state index in [2.05, 4.69) is 10.3 Å². The van der Waals surface area contributed by atoms with E-state index in [1.165, 1.54) is 11.8 Å². The van der Waals surface area contributed by atoms with E-state index < -0.39 is 0 Å². The molecule has 0 spiro atoms. The van der Waals surface area contributed by atoms with E-state index in [1.54, 1.807) is 0 Å². The van der Waals surface area contributed by atoms with Crippen LogP contribution in [0.15, 0.2) is 88.8 Å². The number of amides is 1. The van der Waals surface area contributed by atoms with E-state index in [0.29, 0.717) is 21.7 Å². The molecule has 4 rings (SSSR count). The second-order valence-electron chi connectivity index (χ2n) is 6.30. The fourth-order valence-electron chi connectivity index (χ4n) is 2.69. The molecular weight excluding hydrogens is 404 g/mol. The van der Waals surface area contributed by atoms with Crippen molar-refractivity contribution in [3.05, 3.63) is 99.9 Å². The van der Waals surface area contributed by atoms with Crippen molar-refractivity contribution < 1.29 is 9.53 Å². The zero-order valence-electron chi connectivity index (χ0n) is 15.3. The van der Waals surface area contributed by atoms with E-state index in [0.717, 1.165) is 22.6 Å². The SMILES string of the molecule is O=C1NC(=Nc2ccccc2)S/C1=C\c1cccc(OCc2ccc(Cl)cc2)c1. The Kier molecular flexibility index (Phi) is 5.98. The van der Waals surface area contributed by atoms with Gasteiger partial charge in [0.25, 0.3) is 5.91 Å². The number of nitrogens with zero attached hydrogens (tertiary/aromatic N) is 1. The van der Waals surface area contributed by atoms with Gasteiger partial charge in [-0.3, -0.25) is 4.79 Å². The van der Waals surface area contributed by atoms with Crippen molar-refractivity contribution in [1.82, 2.24) is 5.32 Å². The molecule has 0 aliphatic carbocycles. The number of nitrogens with one attached hydrogen (secondary N) is 1. The van der Waals surface area contributed by atoms with Crippen molar-refractivity contribution in [2.24, 2.45) is 4.99 Å². The number of ether oxygens (including phenoxy) is 1. The lowest BCUT2D eigenvalue weighted by molar-refractivity contribution is -0.115. The van der Waals surface area contributed by atoms with Gasteiger partial charge in [-0.25, -0.2) is 4.99 Å².